The summed E-state index contributed by atoms with van der Waals surface area (Å²) in [6.07, 6.45) is 4.97. The van der Waals surface area contributed by atoms with Gasteiger partial charge in [0.25, 0.3) is 0 Å². The zero-order chi connectivity index (χ0) is 18.4. The molecule has 0 spiro atoms. The lowest BCUT2D eigenvalue weighted by Crippen LogP contribution is -2.18. The third kappa shape index (κ3) is 4.34. The number of aromatic nitrogens is 3. The number of aromatic carboxylic acids is 1. The van der Waals surface area contributed by atoms with Crippen molar-refractivity contribution in [3.8, 4) is 11.4 Å². The first-order valence-electron chi connectivity index (χ1n) is 8.68. The van der Waals surface area contributed by atoms with Gasteiger partial charge in [-0.15, -0.1) is 0 Å². The van der Waals surface area contributed by atoms with Crippen molar-refractivity contribution in [1.82, 2.24) is 20.3 Å². The average molecular weight is 350 g/mol. The molecule has 0 saturated carbocycles. The highest BCUT2D eigenvalue weighted by atomic mass is 16.4. The molecular formula is C20H22N4O2. The number of carboxylic acids is 1. The quantitative estimate of drug-likeness (QED) is 0.543. The number of carboxylic acid groups (broad SMARTS) is 1. The van der Waals surface area contributed by atoms with Crippen LogP contribution in [0.25, 0.3) is 11.4 Å². The summed E-state index contributed by atoms with van der Waals surface area (Å²) >= 11 is 0. The predicted molar refractivity (Wildman–Crippen MR) is 100 cm³/mol. The van der Waals surface area contributed by atoms with Gasteiger partial charge in [-0.25, -0.2) is 9.78 Å². The molecule has 3 aromatic rings. The Bertz CT molecular complexity index is 889. The Kier molecular flexibility index (Phi) is 5.76. The van der Waals surface area contributed by atoms with Crippen LogP contribution in [0.2, 0.25) is 0 Å². The number of nitrogens with zero attached hydrogens (tertiary/aromatic N) is 2. The van der Waals surface area contributed by atoms with Crippen LogP contribution >= 0.6 is 0 Å². The molecule has 1 aromatic carbocycles. The zero-order valence-corrected chi connectivity index (χ0v) is 14.7. The van der Waals surface area contributed by atoms with Crippen molar-refractivity contribution in [3.05, 3.63) is 71.3 Å². The first-order valence-corrected chi connectivity index (χ1v) is 8.68. The van der Waals surface area contributed by atoms with Crippen molar-refractivity contribution >= 4 is 5.97 Å². The third-order valence-electron chi connectivity index (χ3n) is 4.26. The number of H-pyrrole nitrogens is 1. The Morgan fingerprint density at radius 2 is 2.00 bits per heavy atom. The van der Waals surface area contributed by atoms with Crippen LogP contribution in [-0.2, 0) is 19.4 Å². The number of carbonyl (C=O) groups is 1. The molecule has 2 aromatic heterocycles. The summed E-state index contributed by atoms with van der Waals surface area (Å²) in [4.78, 5) is 22.8. The highest BCUT2D eigenvalue weighted by Crippen LogP contribution is 2.16. The lowest BCUT2D eigenvalue weighted by molar-refractivity contribution is 0.0697. The topological polar surface area (TPSA) is 90.9 Å². The van der Waals surface area contributed by atoms with Gasteiger partial charge in [-0.1, -0.05) is 31.2 Å². The number of aryl methyl sites for hydroxylation is 1. The number of hydrogen-bond donors (Lipinski definition) is 3. The molecule has 0 amide bonds. The van der Waals surface area contributed by atoms with Gasteiger partial charge in [0.15, 0.2) is 0 Å². The number of rotatable bonds is 8. The van der Waals surface area contributed by atoms with E-state index in [0.29, 0.717) is 5.69 Å². The second-order valence-corrected chi connectivity index (χ2v) is 6.03. The van der Waals surface area contributed by atoms with Gasteiger partial charge in [0, 0.05) is 25.7 Å². The largest absolute Gasteiger partial charge is 0.478 e. The number of nitrogens with one attached hydrogen (secondary N) is 2. The van der Waals surface area contributed by atoms with Gasteiger partial charge in [0.2, 0.25) is 0 Å². The van der Waals surface area contributed by atoms with E-state index >= 15 is 0 Å². The van der Waals surface area contributed by atoms with Gasteiger partial charge in [-0.2, -0.15) is 0 Å². The molecule has 3 N–H and O–H groups in total. The normalized spacial score (nSPS) is 10.8. The summed E-state index contributed by atoms with van der Waals surface area (Å²) in [7, 11) is 0. The molecule has 0 atom stereocenters. The monoisotopic (exact) mass is 350 g/mol. The fourth-order valence-corrected chi connectivity index (χ4v) is 2.84. The van der Waals surface area contributed by atoms with Gasteiger partial charge in [0.05, 0.1) is 23.1 Å². The van der Waals surface area contributed by atoms with E-state index in [1.807, 2.05) is 0 Å². The summed E-state index contributed by atoms with van der Waals surface area (Å²) < 4.78 is 0. The molecule has 0 fully saturated rings. The van der Waals surface area contributed by atoms with Crippen LogP contribution < -0.4 is 5.32 Å². The Labute approximate surface area is 152 Å². The Morgan fingerprint density at radius 1 is 1.19 bits per heavy atom. The lowest BCUT2D eigenvalue weighted by Gasteiger charge is -2.08. The van der Waals surface area contributed by atoms with Crippen LogP contribution in [-0.4, -0.2) is 32.6 Å². The first kappa shape index (κ1) is 17.8. The fraction of sp³-hybridized carbons (Fsp3) is 0.250. The molecular weight excluding hydrogens is 328 g/mol. The van der Waals surface area contributed by atoms with Gasteiger partial charge < -0.3 is 15.4 Å². The van der Waals surface area contributed by atoms with Crippen molar-refractivity contribution in [1.29, 1.82) is 0 Å². The molecule has 0 unspecified atom stereocenters. The molecule has 6 heteroatoms. The third-order valence-corrected chi connectivity index (χ3v) is 4.26. The van der Waals surface area contributed by atoms with Crippen LogP contribution in [0.5, 0.6) is 0 Å². The molecule has 134 valence electrons. The predicted octanol–water partition coefficient (Wildman–Crippen LogP) is 3.06. The maximum absolute atomic E-state index is 11.1. The molecule has 0 aliphatic heterocycles. The minimum Gasteiger partial charge on any atom is -0.478 e. The summed E-state index contributed by atoms with van der Waals surface area (Å²) in [6.45, 7) is 3.80. The Morgan fingerprint density at radius 3 is 2.77 bits per heavy atom. The SMILES string of the molecule is CCc1ccccc1CNCCc1ncc(-c2cc(C(=O)O)ccn2)[nH]1. The minimum atomic E-state index is -0.968. The van der Waals surface area contributed by atoms with Crippen LogP contribution in [0.4, 0.5) is 0 Å². The summed E-state index contributed by atoms with van der Waals surface area (Å²) in [5.41, 5.74) is 4.20. The minimum absolute atomic E-state index is 0.211. The van der Waals surface area contributed by atoms with E-state index in [-0.39, 0.29) is 5.56 Å². The van der Waals surface area contributed by atoms with Crippen molar-refractivity contribution in [2.45, 2.75) is 26.3 Å². The molecule has 0 saturated heterocycles. The van der Waals surface area contributed by atoms with Gasteiger partial charge >= 0.3 is 5.97 Å². The van der Waals surface area contributed by atoms with Crippen molar-refractivity contribution < 1.29 is 9.90 Å². The zero-order valence-electron chi connectivity index (χ0n) is 14.7. The maximum atomic E-state index is 11.1. The van der Waals surface area contributed by atoms with E-state index in [2.05, 4.69) is 51.5 Å². The van der Waals surface area contributed by atoms with Crippen LogP contribution in [0.3, 0.4) is 0 Å². The molecule has 0 aliphatic rings. The lowest BCUT2D eigenvalue weighted by atomic mass is 10.1. The van der Waals surface area contributed by atoms with Gasteiger partial charge in [0.1, 0.15) is 5.82 Å². The Hall–Kier alpha value is -2.99. The summed E-state index contributed by atoms with van der Waals surface area (Å²) in [6, 6.07) is 11.5. The summed E-state index contributed by atoms with van der Waals surface area (Å²) in [5, 5.41) is 12.5. The van der Waals surface area contributed by atoms with Crippen molar-refractivity contribution in [2.24, 2.45) is 0 Å². The molecule has 26 heavy (non-hydrogen) atoms. The molecule has 0 bridgehead atoms. The second-order valence-electron chi connectivity index (χ2n) is 6.03. The number of benzene rings is 1. The van der Waals surface area contributed by atoms with Crippen LogP contribution in [0.15, 0.2) is 48.8 Å². The van der Waals surface area contributed by atoms with E-state index < -0.39 is 5.97 Å². The molecule has 6 nitrogen and oxygen atoms in total. The number of imidazole rings is 1. The molecule has 2 heterocycles. The smallest absolute Gasteiger partial charge is 0.335 e. The standard InChI is InChI=1S/C20H22N4O2/c1-2-14-5-3-4-6-16(14)12-21-9-8-19-23-13-18(24-19)17-11-15(20(25)26)7-10-22-17/h3-7,10-11,13,21H,2,8-9,12H2,1H3,(H,23,24)(H,25,26). The van der Waals surface area contributed by atoms with Gasteiger partial charge in [-0.05, 0) is 29.7 Å². The molecule has 0 radical (unpaired) electrons. The Balaban J connectivity index is 1.56. The highest BCUT2D eigenvalue weighted by Gasteiger charge is 2.08. The van der Waals surface area contributed by atoms with E-state index in [1.165, 1.54) is 23.4 Å². The second kappa shape index (κ2) is 8.40. The maximum Gasteiger partial charge on any atom is 0.335 e. The van der Waals surface area contributed by atoms with Crippen molar-refractivity contribution in [2.75, 3.05) is 6.54 Å². The van der Waals surface area contributed by atoms with Gasteiger partial charge in [-0.3, -0.25) is 4.98 Å². The van der Waals surface area contributed by atoms with E-state index in [9.17, 15) is 4.79 Å². The number of aromatic amines is 1. The fourth-order valence-electron chi connectivity index (χ4n) is 2.84. The number of pyridine rings is 1. The van der Waals surface area contributed by atoms with E-state index in [0.717, 1.165) is 37.4 Å². The van der Waals surface area contributed by atoms with E-state index in [4.69, 9.17) is 5.11 Å². The first-order chi connectivity index (χ1) is 12.7. The van der Waals surface area contributed by atoms with Crippen LogP contribution in [0, 0.1) is 0 Å². The number of hydrogen-bond acceptors (Lipinski definition) is 4. The summed E-state index contributed by atoms with van der Waals surface area (Å²) in [5.74, 6) is -0.122. The van der Waals surface area contributed by atoms with E-state index in [1.54, 1.807) is 12.3 Å². The molecule has 0 aliphatic carbocycles. The molecule has 3 rings (SSSR count). The highest BCUT2D eigenvalue weighted by molar-refractivity contribution is 5.88. The van der Waals surface area contributed by atoms with Crippen LogP contribution in [0.1, 0.15) is 34.2 Å². The van der Waals surface area contributed by atoms with Crippen molar-refractivity contribution in [3.63, 3.8) is 0 Å². The average Bonchev–Trinajstić information content (AvgIpc) is 3.14.